The highest BCUT2D eigenvalue weighted by atomic mass is 35.5. The average molecular weight is 388 g/mol. The van der Waals surface area contributed by atoms with Gasteiger partial charge in [0.05, 0.1) is 17.9 Å². The molecule has 0 spiro atoms. The van der Waals surface area contributed by atoms with Gasteiger partial charge in [-0.25, -0.2) is 4.68 Å². The summed E-state index contributed by atoms with van der Waals surface area (Å²) in [6, 6.07) is -0.923. The molecule has 26 heavy (non-hydrogen) atoms. The van der Waals surface area contributed by atoms with Crippen LogP contribution in [0.4, 0.5) is 0 Å². The average Bonchev–Trinajstić information content (AvgIpc) is 3.10. The molecule has 1 aliphatic heterocycles. The van der Waals surface area contributed by atoms with Gasteiger partial charge in [-0.2, -0.15) is 0 Å². The molecule has 4 N–H and O–H groups in total. The number of carbonyl (C=O) groups is 2. The number of aliphatic carboxylic acids is 1. The summed E-state index contributed by atoms with van der Waals surface area (Å²) < 4.78 is 1.48. The van der Waals surface area contributed by atoms with E-state index in [1.165, 1.54) is 4.68 Å². The van der Waals surface area contributed by atoms with E-state index in [0.717, 1.165) is 19.5 Å². The van der Waals surface area contributed by atoms with Gasteiger partial charge in [0.25, 0.3) is 0 Å². The lowest BCUT2D eigenvalue weighted by Crippen LogP contribution is -3.00. The van der Waals surface area contributed by atoms with Gasteiger partial charge in [0.2, 0.25) is 5.91 Å². The van der Waals surface area contributed by atoms with E-state index in [4.69, 9.17) is 10.8 Å². The largest absolute Gasteiger partial charge is 1.00 e. The first kappa shape index (κ1) is 22.3. The Balaban J connectivity index is 0.00000338. The Bertz CT molecular complexity index is 590. The van der Waals surface area contributed by atoms with Crippen LogP contribution in [0.1, 0.15) is 50.9 Å². The van der Waals surface area contributed by atoms with Crippen molar-refractivity contribution >= 4 is 11.9 Å². The number of rotatable bonds is 8. The zero-order valence-corrected chi connectivity index (χ0v) is 16.0. The molecule has 2 rings (SSSR count). The van der Waals surface area contributed by atoms with Crippen LogP contribution in [0.2, 0.25) is 0 Å². The molecule has 1 amide bonds. The molecule has 1 aromatic rings. The lowest BCUT2D eigenvalue weighted by molar-refractivity contribution is -0.139. The summed E-state index contributed by atoms with van der Waals surface area (Å²) in [5.41, 5.74) is 6.82. The van der Waals surface area contributed by atoms with Crippen LogP contribution in [0, 0.1) is 5.92 Å². The van der Waals surface area contributed by atoms with E-state index in [9.17, 15) is 9.59 Å². The highest BCUT2D eigenvalue weighted by Gasteiger charge is 2.29. The van der Waals surface area contributed by atoms with Crippen molar-refractivity contribution in [3.63, 3.8) is 0 Å². The lowest BCUT2D eigenvalue weighted by atomic mass is 9.98. The predicted octanol–water partition coefficient (Wildman–Crippen LogP) is -2.83. The topological polar surface area (TPSA) is 126 Å². The van der Waals surface area contributed by atoms with Gasteiger partial charge in [0.1, 0.15) is 6.04 Å². The maximum Gasteiger partial charge on any atom is 0.303 e. The summed E-state index contributed by atoms with van der Waals surface area (Å²) in [6.45, 7) is 6.78. The van der Waals surface area contributed by atoms with Gasteiger partial charge in [-0.3, -0.25) is 9.59 Å². The van der Waals surface area contributed by atoms with Crippen LogP contribution < -0.4 is 23.5 Å². The Labute approximate surface area is 159 Å². The van der Waals surface area contributed by atoms with E-state index in [1.807, 2.05) is 6.92 Å². The minimum atomic E-state index is -0.935. The van der Waals surface area contributed by atoms with Gasteiger partial charge >= 0.3 is 5.97 Å². The summed E-state index contributed by atoms with van der Waals surface area (Å²) in [5.74, 6) is -0.808. The van der Waals surface area contributed by atoms with E-state index in [0.29, 0.717) is 18.8 Å². The van der Waals surface area contributed by atoms with Crippen LogP contribution in [-0.4, -0.2) is 63.1 Å². The van der Waals surface area contributed by atoms with Crippen molar-refractivity contribution < 1.29 is 27.1 Å². The fourth-order valence-corrected chi connectivity index (χ4v) is 2.87. The molecule has 2 heterocycles. The predicted molar refractivity (Wildman–Crippen MR) is 91.8 cm³/mol. The zero-order valence-electron chi connectivity index (χ0n) is 15.3. The number of carbonyl (C=O) groups excluding carboxylic acids is 1. The van der Waals surface area contributed by atoms with Crippen LogP contribution >= 0.6 is 0 Å². The summed E-state index contributed by atoms with van der Waals surface area (Å²) in [7, 11) is 0. The zero-order chi connectivity index (χ0) is 18.4. The minimum absolute atomic E-state index is 0. The number of amides is 1. The summed E-state index contributed by atoms with van der Waals surface area (Å²) >= 11 is 0. The molecule has 9 nitrogen and oxygen atoms in total. The monoisotopic (exact) mass is 387 g/mol. The van der Waals surface area contributed by atoms with Gasteiger partial charge in [-0.05, 0) is 12.3 Å². The number of carboxylic acid groups (broad SMARTS) is 1. The number of hydrogen-bond donors (Lipinski definition) is 3. The van der Waals surface area contributed by atoms with Gasteiger partial charge < -0.3 is 33.5 Å². The first-order valence-electron chi connectivity index (χ1n) is 8.82. The van der Waals surface area contributed by atoms with Crippen LogP contribution in [0.15, 0.2) is 6.20 Å². The number of halogens is 1. The molecule has 1 aliphatic rings. The number of piperazine rings is 1. The van der Waals surface area contributed by atoms with Crippen LogP contribution in [0.3, 0.4) is 0 Å². The molecular formula is C16H28ClN6O3-. The van der Waals surface area contributed by atoms with Gasteiger partial charge in [-0.1, -0.05) is 25.5 Å². The quantitative estimate of drug-likeness (QED) is 0.438. The molecule has 1 fully saturated rings. The fourth-order valence-electron chi connectivity index (χ4n) is 2.87. The molecule has 148 valence electrons. The molecule has 1 saturated heterocycles. The third-order valence-electron chi connectivity index (χ3n) is 4.79. The van der Waals surface area contributed by atoms with Crippen LogP contribution in [-0.2, 0) is 9.59 Å². The highest BCUT2D eigenvalue weighted by molar-refractivity contribution is 5.81. The molecule has 0 aromatic carbocycles. The Morgan fingerprint density at radius 2 is 2.04 bits per heavy atom. The van der Waals surface area contributed by atoms with Crippen LogP contribution in [0.25, 0.3) is 0 Å². The Morgan fingerprint density at radius 3 is 2.62 bits per heavy atom. The molecule has 0 bridgehead atoms. The number of nitrogens with one attached hydrogen (secondary N) is 1. The first-order valence-corrected chi connectivity index (χ1v) is 8.82. The van der Waals surface area contributed by atoms with Crippen LogP contribution in [0.5, 0.6) is 0 Å². The first-order chi connectivity index (χ1) is 11.9. The number of nitrogens with zero attached hydrogens (tertiary/aromatic N) is 4. The second kappa shape index (κ2) is 10.4. The smallest absolute Gasteiger partial charge is 0.303 e. The SMILES string of the molecule is CC[C@@H](C)C(N)c1cn([C@@H](CCC(=O)O)C(=O)N2CCNCC2)nn1.[Cl-]. The molecule has 0 saturated carbocycles. The Morgan fingerprint density at radius 1 is 1.38 bits per heavy atom. The normalized spacial score (nSPS) is 17.9. The van der Waals surface area contributed by atoms with Crippen molar-refractivity contribution in [3.05, 3.63) is 11.9 Å². The van der Waals surface area contributed by atoms with E-state index in [1.54, 1.807) is 11.1 Å². The molecule has 0 aliphatic carbocycles. The molecular weight excluding hydrogens is 360 g/mol. The van der Waals surface area contributed by atoms with Gasteiger partial charge in [0.15, 0.2) is 0 Å². The molecule has 3 atom stereocenters. The number of carboxylic acids is 1. The molecule has 1 unspecified atom stereocenters. The maximum atomic E-state index is 12.9. The Hall–Kier alpha value is -1.71. The van der Waals surface area contributed by atoms with Crippen molar-refractivity contribution in [1.82, 2.24) is 25.2 Å². The van der Waals surface area contributed by atoms with E-state index < -0.39 is 12.0 Å². The van der Waals surface area contributed by atoms with Gasteiger partial charge in [0, 0.05) is 32.6 Å². The van der Waals surface area contributed by atoms with Crippen molar-refractivity contribution in [2.75, 3.05) is 26.2 Å². The molecule has 10 heteroatoms. The minimum Gasteiger partial charge on any atom is -1.00 e. The molecule has 0 radical (unpaired) electrons. The second-order valence-corrected chi connectivity index (χ2v) is 6.56. The maximum absolute atomic E-state index is 12.9. The van der Waals surface area contributed by atoms with Crippen molar-refractivity contribution in [2.24, 2.45) is 11.7 Å². The van der Waals surface area contributed by atoms with Crippen molar-refractivity contribution in [3.8, 4) is 0 Å². The van der Waals surface area contributed by atoms with E-state index in [-0.39, 0.29) is 43.1 Å². The number of nitrogens with two attached hydrogens (primary N) is 1. The highest BCUT2D eigenvalue weighted by Crippen LogP contribution is 2.22. The van der Waals surface area contributed by atoms with Crippen molar-refractivity contribution in [2.45, 2.75) is 45.2 Å². The summed E-state index contributed by atoms with van der Waals surface area (Å²) in [5, 5.41) is 20.4. The lowest BCUT2D eigenvalue weighted by Gasteiger charge is -2.30. The van der Waals surface area contributed by atoms with E-state index >= 15 is 0 Å². The third-order valence-corrected chi connectivity index (χ3v) is 4.79. The summed E-state index contributed by atoms with van der Waals surface area (Å²) in [6.07, 6.45) is 2.67. The fraction of sp³-hybridized carbons (Fsp3) is 0.750. The third kappa shape index (κ3) is 5.65. The Kier molecular flexibility index (Phi) is 8.97. The number of hydrogen-bond acceptors (Lipinski definition) is 6. The standard InChI is InChI=1S/C16H28N6O3.ClH/c1-3-11(2)15(17)12-10-22(20-19-12)13(4-5-14(23)24)16(25)21-8-6-18-7-9-21;/h10-11,13,15,18H,3-9,17H2,1-2H3,(H,23,24);1H/p-1/t11-,13+,15?;/m1./s1. The number of aromatic nitrogens is 3. The van der Waals surface area contributed by atoms with Crippen molar-refractivity contribution in [1.29, 1.82) is 0 Å². The summed E-state index contributed by atoms with van der Waals surface area (Å²) in [4.78, 5) is 25.6. The van der Waals surface area contributed by atoms with Gasteiger partial charge in [-0.15, -0.1) is 5.10 Å². The van der Waals surface area contributed by atoms with E-state index in [2.05, 4.69) is 22.6 Å². The molecule has 1 aromatic heterocycles. The second-order valence-electron chi connectivity index (χ2n) is 6.56.